The highest BCUT2D eigenvalue weighted by Gasteiger charge is 2.19. The number of halogens is 3. The summed E-state index contributed by atoms with van der Waals surface area (Å²) in [6, 6.07) is 7.74. The average Bonchev–Trinajstić information content (AvgIpc) is 2.69. The van der Waals surface area contributed by atoms with Gasteiger partial charge in [0.05, 0.1) is 11.3 Å². The van der Waals surface area contributed by atoms with Crippen LogP contribution in [0.15, 0.2) is 28.7 Å². The monoisotopic (exact) mass is 369 g/mol. The molecule has 0 spiro atoms. The number of hydrogen-bond donors (Lipinski definition) is 0. The summed E-state index contributed by atoms with van der Waals surface area (Å²) < 4.78 is 2.54. The van der Waals surface area contributed by atoms with E-state index in [1.807, 2.05) is 38.1 Å². The van der Waals surface area contributed by atoms with Crippen molar-refractivity contribution >= 4 is 44.8 Å². The fourth-order valence-electron chi connectivity index (χ4n) is 2.09. The average molecular weight is 371 g/mol. The maximum atomic E-state index is 6.49. The molecule has 0 fully saturated rings. The highest BCUT2D eigenvalue weighted by Crippen LogP contribution is 2.38. The summed E-state index contributed by atoms with van der Waals surface area (Å²) in [7, 11) is 0. The molecule has 0 aliphatic carbocycles. The predicted molar refractivity (Wildman–Crippen MR) is 85.6 cm³/mol. The summed E-state index contributed by atoms with van der Waals surface area (Å²) in [5, 5.41) is 5.25. The normalized spacial score (nSPS) is 11.2. The van der Waals surface area contributed by atoms with Gasteiger partial charge in [0.15, 0.2) is 5.65 Å². The summed E-state index contributed by atoms with van der Waals surface area (Å²) >= 11 is 16.3. The van der Waals surface area contributed by atoms with Gasteiger partial charge in [0, 0.05) is 15.6 Å². The zero-order chi connectivity index (χ0) is 14.4. The summed E-state index contributed by atoms with van der Waals surface area (Å²) in [6.45, 7) is 3.88. The minimum Gasteiger partial charge on any atom is -0.216 e. The molecule has 0 aliphatic heterocycles. The first-order valence-electron chi connectivity index (χ1n) is 5.96. The third-order valence-corrected chi connectivity index (χ3v) is 4.59. The second kappa shape index (κ2) is 5.02. The van der Waals surface area contributed by atoms with Crippen LogP contribution >= 0.6 is 39.1 Å². The van der Waals surface area contributed by atoms with Crippen LogP contribution in [0.25, 0.3) is 16.8 Å². The van der Waals surface area contributed by atoms with Crippen molar-refractivity contribution < 1.29 is 0 Å². The van der Waals surface area contributed by atoms with Gasteiger partial charge in [0.25, 0.3) is 0 Å². The molecule has 0 amide bonds. The van der Waals surface area contributed by atoms with E-state index in [4.69, 9.17) is 23.2 Å². The van der Waals surface area contributed by atoms with E-state index in [0.29, 0.717) is 21.5 Å². The van der Waals surface area contributed by atoms with Crippen LogP contribution in [0.4, 0.5) is 0 Å². The lowest BCUT2D eigenvalue weighted by atomic mass is 10.1. The molecule has 0 N–H and O–H groups in total. The molecular weight excluding hydrogens is 361 g/mol. The van der Waals surface area contributed by atoms with Gasteiger partial charge in [0.2, 0.25) is 0 Å². The number of rotatable bonds is 1. The number of nitrogens with zero attached hydrogens (tertiary/aromatic N) is 3. The number of benzene rings is 1. The van der Waals surface area contributed by atoms with E-state index < -0.39 is 0 Å². The molecule has 2 aromatic heterocycles. The van der Waals surface area contributed by atoms with Crippen molar-refractivity contribution in [3.63, 3.8) is 0 Å². The van der Waals surface area contributed by atoms with E-state index in [1.54, 1.807) is 4.52 Å². The second-order valence-corrected chi connectivity index (χ2v) is 6.06. The van der Waals surface area contributed by atoms with Crippen LogP contribution in [0, 0.1) is 13.8 Å². The van der Waals surface area contributed by atoms with Gasteiger partial charge in [-0.25, -0.2) is 9.50 Å². The molecule has 0 radical (unpaired) electrons. The third kappa shape index (κ3) is 2.03. The number of hydrogen-bond acceptors (Lipinski definition) is 2. The van der Waals surface area contributed by atoms with Crippen molar-refractivity contribution in [2.75, 3.05) is 0 Å². The molecule has 0 aliphatic rings. The van der Waals surface area contributed by atoms with Gasteiger partial charge in [0.1, 0.15) is 10.3 Å². The number of aryl methyl sites for hydroxylation is 2. The molecule has 20 heavy (non-hydrogen) atoms. The van der Waals surface area contributed by atoms with E-state index >= 15 is 0 Å². The van der Waals surface area contributed by atoms with E-state index in [-0.39, 0.29) is 0 Å². The Morgan fingerprint density at radius 2 is 1.85 bits per heavy atom. The lowest BCUT2D eigenvalue weighted by molar-refractivity contribution is 0.919. The smallest absolute Gasteiger partial charge is 0.161 e. The number of aromatic nitrogens is 3. The molecule has 0 saturated carbocycles. The Morgan fingerprint density at radius 1 is 1.15 bits per heavy atom. The van der Waals surface area contributed by atoms with Gasteiger partial charge in [-0.1, -0.05) is 57.3 Å². The fraction of sp³-hybridized carbons (Fsp3) is 0.143. The van der Waals surface area contributed by atoms with E-state index in [1.165, 1.54) is 0 Å². The zero-order valence-electron chi connectivity index (χ0n) is 10.8. The Hall–Kier alpha value is -1.10. The highest BCUT2D eigenvalue weighted by molar-refractivity contribution is 9.10. The minimum atomic E-state index is 0.373. The summed E-state index contributed by atoms with van der Waals surface area (Å²) in [4.78, 5) is 4.43. The van der Waals surface area contributed by atoms with Crippen LogP contribution in [0.2, 0.25) is 10.3 Å². The first kappa shape index (κ1) is 13.9. The zero-order valence-corrected chi connectivity index (χ0v) is 13.9. The number of fused-ring (bicyclic) bond motifs is 1. The van der Waals surface area contributed by atoms with Crippen LogP contribution in [0.5, 0.6) is 0 Å². The molecule has 6 heteroatoms. The molecule has 3 aromatic rings. The summed E-state index contributed by atoms with van der Waals surface area (Å²) in [5.74, 6) is 0. The van der Waals surface area contributed by atoms with Gasteiger partial charge in [-0.3, -0.25) is 0 Å². The first-order chi connectivity index (χ1) is 9.50. The van der Waals surface area contributed by atoms with Gasteiger partial charge in [-0.05, 0) is 19.9 Å². The Labute approximate surface area is 134 Å². The van der Waals surface area contributed by atoms with Crippen molar-refractivity contribution in [1.29, 1.82) is 0 Å². The maximum absolute atomic E-state index is 6.49. The van der Waals surface area contributed by atoms with Gasteiger partial charge < -0.3 is 0 Å². The maximum Gasteiger partial charge on any atom is 0.161 e. The summed E-state index contributed by atoms with van der Waals surface area (Å²) in [5.41, 5.74) is 4.12. The Balaban J connectivity index is 2.41. The Bertz CT molecular complexity index is 827. The van der Waals surface area contributed by atoms with Gasteiger partial charge in [-0.2, -0.15) is 5.10 Å². The largest absolute Gasteiger partial charge is 0.216 e. The van der Waals surface area contributed by atoms with Gasteiger partial charge >= 0.3 is 0 Å². The lowest BCUT2D eigenvalue weighted by Gasteiger charge is -2.10. The topological polar surface area (TPSA) is 30.2 Å². The molecular formula is C14H10BrCl2N3. The summed E-state index contributed by atoms with van der Waals surface area (Å²) in [6.07, 6.45) is 0. The molecule has 3 rings (SSSR count). The molecule has 3 nitrogen and oxygen atoms in total. The Morgan fingerprint density at radius 3 is 2.55 bits per heavy atom. The van der Waals surface area contributed by atoms with Crippen LogP contribution in [0.1, 0.15) is 11.3 Å². The van der Waals surface area contributed by atoms with E-state index in [9.17, 15) is 0 Å². The van der Waals surface area contributed by atoms with E-state index in [2.05, 4.69) is 26.0 Å². The molecule has 0 saturated heterocycles. The second-order valence-electron chi connectivity index (χ2n) is 4.49. The van der Waals surface area contributed by atoms with Crippen LogP contribution < -0.4 is 0 Å². The SMILES string of the molecule is Cc1nn2c(Cl)c(-c3ccccc3Br)c(Cl)nc2c1C. The predicted octanol–water partition coefficient (Wildman–Crippen LogP) is 5.08. The van der Waals surface area contributed by atoms with Crippen LogP contribution in [-0.2, 0) is 0 Å². The van der Waals surface area contributed by atoms with Crippen LogP contribution in [0.3, 0.4) is 0 Å². The molecule has 1 aromatic carbocycles. The van der Waals surface area contributed by atoms with Crippen LogP contribution in [-0.4, -0.2) is 14.6 Å². The quantitative estimate of drug-likeness (QED) is 0.559. The standard InChI is InChI=1S/C14H10BrCl2N3/c1-7-8(2)19-20-13(17)11(12(16)18-14(7)20)9-5-3-4-6-10(9)15/h3-6H,1-2H3. The van der Waals surface area contributed by atoms with Crippen molar-refractivity contribution in [1.82, 2.24) is 14.6 Å². The van der Waals surface area contributed by atoms with Crippen molar-refractivity contribution in [3.05, 3.63) is 50.3 Å². The molecule has 0 unspecified atom stereocenters. The molecule has 0 atom stereocenters. The van der Waals surface area contributed by atoms with Gasteiger partial charge in [-0.15, -0.1) is 0 Å². The minimum absolute atomic E-state index is 0.373. The third-order valence-electron chi connectivity index (χ3n) is 3.27. The molecule has 2 heterocycles. The first-order valence-corrected chi connectivity index (χ1v) is 7.51. The molecule has 102 valence electrons. The van der Waals surface area contributed by atoms with E-state index in [0.717, 1.165) is 21.3 Å². The lowest BCUT2D eigenvalue weighted by Crippen LogP contribution is -1.98. The van der Waals surface area contributed by atoms with Crippen molar-refractivity contribution in [3.8, 4) is 11.1 Å². The van der Waals surface area contributed by atoms with Crippen molar-refractivity contribution in [2.45, 2.75) is 13.8 Å². The fourth-order valence-corrected chi connectivity index (χ4v) is 3.20. The Kier molecular flexibility index (Phi) is 3.48. The molecule has 0 bridgehead atoms. The highest BCUT2D eigenvalue weighted by atomic mass is 79.9. The van der Waals surface area contributed by atoms with Crippen molar-refractivity contribution in [2.24, 2.45) is 0 Å².